The monoisotopic (exact) mass is 127 g/mol. The SMILES string of the molecule is CC=CN(CC)C(C)C. The molecule has 0 atom stereocenters. The van der Waals surface area contributed by atoms with Crippen molar-refractivity contribution in [3.05, 3.63) is 12.3 Å². The molecule has 0 saturated heterocycles. The van der Waals surface area contributed by atoms with Gasteiger partial charge in [-0.2, -0.15) is 0 Å². The van der Waals surface area contributed by atoms with Gasteiger partial charge >= 0.3 is 0 Å². The lowest BCUT2D eigenvalue weighted by Crippen LogP contribution is -2.24. The number of nitrogens with zero attached hydrogens (tertiary/aromatic N) is 1. The Morgan fingerprint density at radius 3 is 2.11 bits per heavy atom. The van der Waals surface area contributed by atoms with Gasteiger partial charge in [0.25, 0.3) is 0 Å². The number of hydrogen-bond donors (Lipinski definition) is 0. The van der Waals surface area contributed by atoms with Crippen molar-refractivity contribution in [2.75, 3.05) is 6.54 Å². The zero-order valence-corrected chi connectivity index (χ0v) is 6.89. The molecule has 1 nitrogen and oxygen atoms in total. The molecule has 0 aromatic heterocycles. The second-order valence-corrected chi connectivity index (χ2v) is 2.41. The first kappa shape index (κ1) is 8.54. The molecule has 0 amide bonds. The Kier molecular flexibility index (Phi) is 4.20. The van der Waals surface area contributed by atoms with Crippen molar-refractivity contribution in [2.24, 2.45) is 0 Å². The number of hydrogen-bond acceptors (Lipinski definition) is 1. The summed E-state index contributed by atoms with van der Waals surface area (Å²) in [6.45, 7) is 9.71. The second kappa shape index (κ2) is 4.42. The van der Waals surface area contributed by atoms with Crippen LogP contribution in [0.5, 0.6) is 0 Å². The molecule has 54 valence electrons. The molecule has 0 spiro atoms. The molecule has 0 heterocycles. The van der Waals surface area contributed by atoms with Crippen LogP contribution in [0.1, 0.15) is 27.7 Å². The first-order chi connectivity index (χ1) is 4.22. The summed E-state index contributed by atoms with van der Waals surface area (Å²) in [4.78, 5) is 2.29. The summed E-state index contributed by atoms with van der Waals surface area (Å²) in [7, 11) is 0. The number of rotatable bonds is 3. The van der Waals surface area contributed by atoms with Crippen LogP contribution in [0.3, 0.4) is 0 Å². The fraction of sp³-hybridized carbons (Fsp3) is 0.750. The van der Waals surface area contributed by atoms with Gasteiger partial charge < -0.3 is 4.90 Å². The normalized spacial score (nSPS) is 11.2. The van der Waals surface area contributed by atoms with Crippen LogP contribution in [0, 0.1) is 0 Å². The molecule has 0 aliphatic rings. The molecule has 0 N–H and O–H groups in total. The van der Waals surface area contributed by atoms with Crippen LogP contribution < -0.4 is 0 Å². The predicted molar refractivity (Wildman–Crippen MR) is 42.3 cm³/mol. The summed E-state index contributed by atoms with van der Waals surface area (Å²) in [6.07, 6.45) is 4.20. The van der Waals surface area contributed by atoms with E-state index in [0.29, 0.717) is 6.04 Å². The topological polar surface area (TPSA) is 3.24 Å². The number of allylic oxidation sites excluding steroid dienone is 1. The van der Waals surface area contributed by atoms with E-state index in [1.165, 1.54) is 0 Å². The minimum atomic E-state index is 0.631. The maximum absolute atomic E-state index is 2.29. The van der Waals surface area contributed by atoms with Crippen molar-refractivity contribution in [2.45, 2.75) is 33.7 Å². The molecule has 0 bridgehead atoms. The van der Waals surface area contributed by atoms with Crippen molar-refractivity contribution in [3.8, 4) is 0 Å². The van der Waals surface area contributed by atoms with Gasteiger partial charge in [0.1, 0.15) is 0 Å². The molecule has 0 aromatic carbocycles. The van der Waals surface area contributed by atoms with E-state index in [9.17, 15) is 0 Å². The second-order valence-electron chi connectivity index (χ2n) is 2.41. The lowest BCUT2D eigenvalue weighted by Gasteiger charge is -2.22. The Labute approximate surface area is 58.4 Å². The van der Waals surface area contributed by atoms with Crippen LogP contribution in [0.2, 0.25) is 0 Å². The van der Waals surface area contributed by atoms with Crippen molar-refractivity contribution < 1.29 is 0 Å². The zero-order chi connectivity index (χ0) is 7.28. The Morgan fingerprint density at radius 2 is 2.00 bits per heavy atom. The molecule has 0 rings (SSSR count). The smallest absolute Gasteiger partial charge is 0.0227 e. The molecule has 0 aliphatic heterocycles. The fourth-order valence-electron chi connectivity index (χ4n) is 0.834. The van der Waals surface area contributed by atoms with Gasteiger partial charge in [0.2, 0.25) is 0 Å². The van der Waals surface area contributed by atoms with Crippen LogP contribution in [0.4, 0.5) is 0 Å². The van der Waals surface area contributed by atoms with E-state index in [-0.39, 0.29) is 0 Å². The van der Waals surface area contributed by atoms with E-state index in [4.69, 9.17) is 0 Å². The van der Waals surface area contributed by atoms with Crippen LogP contribution in [-0.4, -0.2) is 17.5 Å². The predicted octanol–water partition coefficient (Wildman–Crippen LogP) is 2.25. The first-order valence-electron chi connectivity index (χ1n) is 3.61. The summed E-state index contributed by atoms with van der Waals surface area (Å²) in [5.74, 6) is 0. The highest BCUT2D eigenvalue weighted by Gasteiger charge is 1.97. The highest BCUT2D eigenvalue weighted by atomic mass is 15.1. The van der Waals surface area contributed by atoms with Gasteiger partial charge in [-0.25, -0.2) is 0 Å². The molecule has 1 heteroatoms. The van der Waals surface area contributed by atoms with Gasteiger partial charge in [-0.1, -0.05) is 6.08 Å². The summed E-state index contributed by atoms with van der Waals surface area (Å²) in [5, 5.41) is 0. The Morgan fingerprint density at radius 1 is 1.44 bits per heavy atom. The van der Waals surface area contributed by atoms with E-state index in [1.54, 1.807) is 0 Å². The zero-order valence-electron chi connectivity index (χ0n) is 6.89. The van der Waals surface area contributed by atoms with Crippen LogP contribution in [0.15, 0.2) is 12.3 Å². The largest absolute Gasteiger partial charge is 0.376 e. The lowest BCUT2D eigenvalue weighted by molar-refractivity contribution is 0.327. The average Bonchev–Trinajstić information content (AvgIpc) is 1.82. The molecular formula is C8H17N. The van der Waals surface area contributed by atoms with E-state index in [2.05, 4.69) is 37.9 Å². The molecule has 0 aliphatic carbocycles. The maximum atomic E-state index is 2.29. The Bertz CT molecular complexity index is 84.6. The average molecular weight is 127 g/mol. The third-order valence-electron chi connectivity index (χ3n) is 1.37. The van der Waals surface area contributed by atoms with Gasteiger partial charge in [0, 0.05) is 12.6 Å². The molecule has 9 heavy (non-hydrogen) atoms. The maximum Gasteiger partial charge on any atom is 0.0227 e. The highest BCUT2D eigenvalue weighted by molar-refractivity contribution is 4.79. The molecule has 0 saturated carbocycles. The summed E-state index contributed by atoms with van der Waals surface area (Å²) in [5.41, 5.74) is 0. The standard InChI is InChI=1S/C8H17N/c1-5-7-9(6-2)8(3)4/h5,7-8H,6H2,1-4H3. The Hall–Kier alpha value is -0.460. The summed E-state index contributed by atoms with van der Waals surface area (Å²) < 4.78 is 0. The van der Waals surface area contributed by atoms with Crippen molar-refractivity contribution >= 4 is 0 Å². The highest BCUT2D eigenvalue weighted by Crippen LogP contribution is 1.96. The molecular weight excluding hydrogens is 110 g/mol. The van der Waals surface area contributed by atoms with E-state index >= 15 is 0 Å². The molecule has 0 radical (unpaired) electrons. The third kappa shape index (κ3) is 3.17. The first-order valence-corrected chi connectivity index (χ1v) is 3.61. The third-order valence-corrected chi connectivity index (χ3v) is 1.37. The van der Waals surface area contributed by atoms with Gasteiger partial charge in [-0.15, -0.1) is 0 Å². The van der Waals surface area contributed by atoms with Crippen molar-refractivity contribution in [3.63, 3.8) is 0 Å². The Balaban J connectivity index is 3.68. The van der Waals surface area contributed by atoms with Gasteiger partial charge in [-0.05, 0) is 33.9 Å². The quantitative estimate of drug-likeness (QED) is 0.562. The molecule has 0 aromatic rings. The van der Waals surface area contributed by atoms with Crippen molar-refractivity contribution in [1.82, 2.24) is 4.90 Å². The van der Waals surface area contributed by atoms with Crippen LogP contribution >= 0.6 is 0 Å². The van der Waals surface area contributed by atoms with E-state index in [1.807, 2.05) is 6.92 Å². The minimum Gasteiger partial charge on any atom is -0.376 e. The van der Waals surface area contributed by atoms with Crippen molar-refractivity contribution in [1.29, 1.82) is 0 Å². The van der Waals surface area contributed by atoms with E-state index < -0.39 is 0 Å². The lowest BCUT2D eigenvalue weighted by atomic mass is 10.3. The fourth-order valence-corrected chi connectivity index (χ4v) is 0.834. The minimum absolute atomic E-state index is 0.631. The van der Waals surface area contributed by atoms with Gasteiger partial charge in [0.05, 0.1) is 0 Å². The summed E-state index contributed by atoms with van der Waals surface area (Å²) in [6, 6.07) is 0.631. The van der Waals surface area contributed by atoms with E-state index in [0.717, 1.165) is 6.54 Å². The van der Waals surface area contributed by atoms with Gasteiger partial charge in [0.15, 0.2) is 0 Å². The summed E-state index contributed by atoms with van der Waals surface area (Å²) >= 11 is 0. The van der Waals surface area contributed by atoms with Crippen LogP contribution in [-0.2, 0) is 0 Å². The van der Waals surface area contributed by atoms with Crippen LogP contribution in [0.25, 0.3) is 0 Å². The molecule has 0 fully saturated rings. The van der Waals surface area contributed by atoms with Gasteiger partial charge in [-0.3, -0.25) is 0 Å². The molecule has 0 unspecified atom stereocenters.